The molecule has 19 heavy (non-hydrogen) atoms. The Balaban J connectivity index is 1.97. The van der Waals surface area contributed by atoms with E-state index in [1.165, 1.54) is 0 Å². The number of halogens is 1. The summed E-state index contributed by atoms with van der Waals surface area (Å²) in [7, 11) is 0. The largest absolute Gasteiger partial charge is 0.316 e. The normalized spacial score (nSPS) is 23.2. The zero-order valence-corrected chi connectivity index (χ0v) is 11.2. The fourth-order valence-corrected chi connectivity index (χ4v) is 2.89. The number of piperidine rings is 1. The molecule has 2 nitrogen and oxygen atoms in total. The van der Waals surface area contributed by atoms with E-state index in [4.69, 9.17) is 0 Å². The SMILES string of the molecule is CC(F)(c1cnc2ccccc2c1)C1CCCNC1. The van der Waals surface area contributed by atoms with Gasteiger partial charge in [0.15, 0.2) is 0 Å². The van der Waals surface area contributed by atoms with E-state index in [1.807, 2.05) is 30.3 Å². The Hall–Kier alpha value is -1.48. The highest BCUT2D eigenvalue weighted by atomic mass is 19.1. The average Bonchev–Trinajstić information content (AvgIpc) is 2.47. The summed E-state index contributed by atoms with van der Waals surface area (Å²) in [6, 6.07) is 9.80. The molecule has 1 aromatic heterocycles. The number of para-hydroxylation sites is 1. The number of hydrogen-bond acceptors (Lipinski definition) is 2. The molecule has 1 aromatic carbocycles. The molecule has 1 aliphatic rings. The molecule has 0 saturated carbocycles. The van der Waals surface area contributed by atoms with Gasteiger partial charge in [-0.2, -0.15) is 0 Å². The van der Waals surface area contributed by atoms with E-state index >= 15 is 4.39 Å². The second-order valence-electron chi connectivity index (χ2n) is 5.54. The lowest BCUT2D eigenvalue weighted by atomic mass is 9.80. The Morgan fingerprint density at radius 1 is 1.37 bits per heavy atom. The highest BCUT2D eigenvalue weighted by Crippen LogP contribution is 2.37. The van der Waals surface area contributed by atoms with Crippen LogP contribution in [0, 0.1) is 5.92 Å². The van der Waals surface area contributed by atoms with E-state index in [2.05, 4.69) is 10.3 Å². The summed E-state index contributed by atoms with van der Waals surface area (Å²) in [6.07, 6.45) is 3.68. The maximum absolute atomic E-state index is 15.2. The molecule has 0 amide bonds. The molecule has 0 radical (unpaired) electrons. The van der Waals surface area contributed by atoms with Crippen molar-refractivity contribution >= 4 is 10.9 Å². The maximum atomic E-state index is 15.2. The molecule has 3 rings (SSSR count). The lowest BCUT2D eigenvalue weighted by Crippen LogP contribution is -2.40. The van der Waals surface area contributed by atoms with Crippen molar-refractivity contribution in [1.29, 1.82) is 0 Å². The first kappa shape index (κ1) is 12.5. The number of nitrogens with zero attached hydrogens (tertiary/aromatic N) is 1. The quantitative estimate of drug-likeness (QED) is 0.892. The summed E-state index contributed by atoms with van der Waals surface area (Å²) in [6.45, 7) is 3.44. The Kier molecular flexibility index (Phi) is 3.23. The van der Waals surface area contributed by atoms with Gasteiger partial charge in [0.05, 0.1) is 5.52 Å². The van der Waals surface area contributed by atoms with Crippen LogP contribution in [0.1, 0.15) is 25.3 Å². The van der Waals surface area contributed by atoms with E-state index in [0.717, 1.165) is 36.8 Å². The smallest absolute Gasteiger partial charge is 0.138 e. The summed E-state index contributed by atoms with van der Waals surface area (Å²) < 4.78 is 15.2. The monoisotopic (exact) mass is 258 g/mol. The molecule has 0 spiro atoms. The van der Waals surface area contributed by atoms with Crippen LogP contribution in [0.4, 0.5) is 4.39 Å². The van der Waals surface area contributed by atoms with Gasteiger partial charge in [0.25, 0.3) is 0 Å². The summed E-state index contributed by atoms with van der Waals surface area (Å²) in [4.78, 5) is 4.38. The van der Waals surface area contributed by atoms with E-state index in [1.54, 1.807) is 13.1 Å². The molecule has 1 aliphatic heterocycles. The molecule has 2 aromatic rings. The summed E-state index contributed by atoms with van der Waals surface area (Å²) in [5, 5.41) is 4.29. The number of hydrogen-bond donors (Lipinski definition) is 1. The zero-order chi connectivity index (χ0) is 13.3. The van der Waals surface area contributed by atoms with E-state index in [0.29, 0.717) is 5.56 Å². The molecule has 1 saturated heterocycles. The van der Waals surface area contributed by atoms with Crippen LogP contribution in [-0.2, 0) is 5.67 Å². The molecule has 1 fully saturated rings. The van der Waals surface area contributed by atoms with Crippen LogP contribution >= 0.6 is 0 Å². The van der Waals surface area contributed by atoms with E-state index in [-0.39, 0.29) is 5.92 Å². The van der Waals surface area contributed by atoms with E-state index < -0.39 is 5.67 Å². The maximum Gasteiger partial charge on any atom is 0.138 e. The number of benzene rings is 1. The molecule has 1 N–H and O–H groups in total. The minimum Gasteiger partial charge on any atom is -0.316 e. The molecule has 100 valence electrons. The van der Waals surface area contributed by atoms with Gasteiger partial charge in [0, 0.05) is 29.6 Å². The third kappa shape index (κ3) is 2.35. The number of nitrogens with one attached hydrogen (secondary N) is 1. The van der Waals surface area contributed by atoms with Gasteiger partial charge in [0.1, 0.15) is 5.67 Å². The van der Waals surface area contributed by atoms with Crippen LogP contribution in [0.15, 0.2) is 36.5 Å². The van der Waals surface area contributed by atoms with Gasteiger partial charge in [-0.1, -0.05) is 18.2 Å². The van der Waals surface area contributed by atoms with Crippen LogP contribution < -0.4 is 5.32 Å². The van der Waals surface area contributed by atoms with Crippen LogP contribution in [-0.4, -0.2) is 18.1 Å². The summed E-state index contributed by atoms with van der Waals surface area (Å²) in [5.74, 6) is 0.0317. The molecule has 3 heteroatoms. The van der Waals surface area contributed by atoms with Crippen molar-refractivity contribution < 1.29 is 4.39 Å². The highest BCUT2D eigenvalue weighted by Gasteiger charge is 2.37. The van der Waals surface area contributed by atoms with Gasteiger partial charge in [0.2, 0.25) is 0 Å². The van der Waals surface area contributed by atoms with Gasteiger partial charge in [-0.05, 0) is 38.4 Å². The third-order valence-corrected chi connectivity index (χ3v) is 4.22. The van der Waals surface area contributed by atoms with Crippen molar-refractivity contribution in [2.45, 2.75) is 25.4 Å². The Labute approximate surface area is 113 Å². The first-order chi connectivity index (χ1) is 9.18. The predicted octanol–water partition coefficient (Wildman–Crippen LogP) is 3.42. The highest BCUT2D eigenvalue weighted by molar-refractivity contribution is 5.78. The number of rotatable bonds is 2. The fourth-order valence-electron chi connectivity index (χ4n) is 2.89. The number of pyridine rings is 1. The van der Waals surface area contributed by atoms with Crippen molar-refractivity contribution in [2.75, 3.05) is 13.1 Å². The molecule has 2 atom stereocenters. The van der Waals surface area contributed by atoms with E-state index in [9.17, 15) is 0 Å². The first-order valence-electron chi connectivity index (χ1n) is 6.93. The molecule has 2 heterocycles. The molecule has 0 aliphatic carbocycles. The minimum atomic E-state index is -1.32. The summed E-state index contributed by atoms with van der Waals surface area (Å²) >= 11 is 0. The van der Waals surface area contributed by atoms with Crippen molar-refractivity contribution in [2.24, 2.45) is 5.92 Å². The van der Waals surface area contributed by atoms with Crippen molar-refractivity contribution in [3.63, 3.8) is 0 Å². The van der Waals surface area contributed by atoms with Crippen molar-refractivity contribution in [1.82, 2.24) is 10.3 Å². The number of alkyl halides is 1. The Morgan fingerprint density at radius 2 is 2.21 bits per heavy atom. The van der Waals surface area contributed by atoms with Crippen LogP contribution in [0.3, 0.4) is 0 Å². The standard InChI is InChI=1S/C16H19FN2/c1-16(17,13-6-4-8-18-10-13)14-9-12-5-2-3-7-15(12)19-11-14/h2-3,5,7,9,11,13,18H,4,6,8,10H2,1H3. The summed E-state index contributed by atoms with van der Waals surface area (Å²) in [5.41, 5.74) is 0.300. The molecular weight excluding hydrogens is 239 g/mol. The predicted molar refractivity (Wildman–Crippen MR) is 75.8 cm³/mol. The Bertz CT molecular complexity index is 574. The zero-order valence-electron chi connectivity index (χ0n) is 11.2. The van der Waals surface area contributed by atoms with Gasteiger partial charge >= 0.3 is 0 Å². The molecule has 0 bridgehead atoms. The second kappa shape index (κ2) is 4.89. The molecule has 2 unspecified atom stereocenters. The van der Waals surface area contributed by atoms with Crippen molar-refractivity contribution in [3.05, 3.63) is 42.1 Å². The van der Waals surface area contributed by atoms with Gasteiger partial charge in [-0.25, -0.2) is 4.39 Å². The molecular formula is C16H19FN2. The topological polar surface area (TPSA) is 24.9 Å². The average molecular weight is 258 g/mol. The first-order valence-corrected chi connectivity index (χ1v) is 6.93. The number of fused-ring (bicyclic) bond motifs is 1. The lowest BCUT2D eigenvalue weighted by molar-refractivity contribution is 0.0810. The number of aromatic nitrogens is 1. The van der Waals surface area contributed by atoms with Crippen LogP contribution in [0.2, 0.25) is 0 Å². The second-order valence-corrected chi connectivity index (χ2v) is 5.54. The third-order valence-electron chi connectivity index (χ3n) is 4.22. The van der Waals surface area contributed by atoms with Gasteiger partial charge < -0.3 is 5.32 Å². The fraction of sp³-hybridized carbons (Fsp3) is 0.438. The Morgan fingerprint density at radius 3 is 3.00 bits per heavy atom. The van der Waals surface area contributed by atoms with Crippen LogP contribution in [0.5, 0.6) is 0 Å². The van der Waals surface area contributed by atoms with Gasteiger partial charge in [-0.3, -0.25) is 4.98 Å². The minimum absolute atomic E-state index is 0.0317. The van der Waals surface area contributed by atoms with Crippen LogP contribution in [0.25, 0.3) is 10.9 Å². The van der Waals surface area contributed by atoms with Gasteiger partial charge in [-0.15, -0.1) is 0 Å². The van der Waals surface area contributed by atoms with Crippen molar-refractivity contribution in [3.8, 4) is 0 Å². The lowest BCUT2D eigenvalue weighted by Gasteiger charge is -2.34.